The van der Waals surface area contributed by atoms with Crippen LogP contribution in [0.15, 0.2) is 36.4 Å². The van der Waals surface area contributed by atoms with Gasteiger partial charge < -0.3 is 15.0 Å². The smallest absolute Gasteiger partial charge is 0.370 e. The summed E-state index contributed by atoms with van der Waals surface area (Å²) in [5.41, 5.74) is 0.365. The molecule has 0 saturated carbocycles. The van der Waals surface area contributed by atoms with E-state index in [4.69, 9.17) is 4.74 Å². The Kier molecular flexibility index (Phi) is 5.92. The maximum Gasteiger partial charge on any atom is 0.435 e. The molecule has 0 amide bonds. The summed E-state index contributed by atoms with van der Waals surface area (Å²) < 4.78 is 48.0. The van der Waals surface area contributed by atoms with Gasteiger partial charge in [0.25, 0.3) is 0 Å². The van der Waals surface area contributed by atoms with Crippen LogP contribution in [0.2, 0.25) is 0 Å². The van der Waals surface area contributed by atoms with Crippen molar-refractivity contribution >= 4 is 11.5 Å². The Balaban J connectivity index is 1.63. The number of ether oxygens (including phenoxy) is 1. The fraction of sp³-hybridized carbons (Fsp3) is 0.429. The lowest BCUT2D eigenvalue weighted by Crippen LogP contribution is -3.14. The predicted octanol–water partition coefficient (Wildman–Crippen LogP) is 2.44. The molecule has 9 heteroatoms. The molecule has 0 radical (unpaired) electrons. The zero-order valence-corrected chi connectivity index (χ0v) is 16.8. The Labute approximate surface area is 172 Å². The Morgan fingerprint density at radius 1 is 1.17 bits per heavy atom. The number of nitrogens with one attached hydrogen (secondary N) is 2. The molecule has 2 N–H and O–H groups in total. The summed E-state index contributed by atoms with van der Waals surface area (Å²) in [5, 5.41) is 7.17. The Bertz CT molecular complexity index is 997. The second-order valence-corrected chi connectivity index (χ2v) is 7.50. The molecule has 0 spiro atoms. The summed E-state index contributed by atoms with van der Waals surface area (Å²) >= 11 is 0. The van der Waals surface area contributed by atoms with Crippen LogP contribution in [0, 0.1) is 6.92 Å². The number of aryl methyl sites for hydroxylation is 1. The molecule has 1 aliphatic rings. The van der Waals surface area contributed by atoms with Gasteiger partial charge in [-0.05, 0) is 12.5 Å². The molecule has 3 heterocycles. The number of nitrogens with zero attached hydrogens (tertiary/aromatic N) is 3. The number of quaternary nitrogens is 1. The van der Waals surface area contributed by atoms with E-state index < -0.39 is 11.9 Å². The second kappa shape index (κ2) is 8.61. The molecule has 0 bridgehead atoms. The molecule has 1 fully saturated rings. The quantitative estimate of drug-likeness (QED) is 0.602. The van der Waals surface area contributed by atoms with Crippen LogP contribution in [0.4, 0.5) is 19.0 Å². The SMILES string of the molecule is Cc1cc(NCCC[NH+]2CCOCC2)n2nc(C(F)(F)F)c(-c3ccccc3)c2n1. The fourth-order valence-corrected chi connectivity index (χ4v) is 3.80. The molecular formula is C21H25F3N5O+. The minimum absolute atomic E-state index is 0.00705. The number of halogens is 3. The van der Waals surface area contributed by atoms with E-state index in [9.17, 15) is 13.2 Å². The molecule has 1 aliphatic heterocycles. The second-order valence-electron chi connectivity index (χ2n) is 7.50. The van der Waals surface area contributed by atoms with E-state index in [-0.39, 0.29) is 11.2 Å². The summed E-state index contributed by atoms with van der Waals surface area (Å²) in [6.45, 7) is 6.96. The number of hydrogen-bond donors (Lipinski definition) is 2. The summed E-state index contributed by atoms with van der Waals surface area (Å²) in [6.07, 6.45) is -3.68. The Morgan fingerprint density at radius 3 is 2.60 bits per heavy atom. The molecule has 2 aromatic heterocycles. The largest absolute Gasteiger partial charge is 0.435 e. The molecular weight excluding hydrogens is 395 g/mol. The lowest BCUT2D eigenvalue weighted by atomic mass is 10.1. The van der Waals surface area contributed by atoms with Gasteiger partial charge in [-0.2, -0.15) is 22.8 Å². The van der Waals surface area contributed by atoms with Crippen LogP contribution in [0.25, 0.3) is 16.8 Å². The number of fused-ring (bicyclic) bond motifs is 1. The fourth-order valence-electron chi connectivity index (χ4n) is 3.80. The van der Waals surface area contributed by atoms with Gasteiger partial charge in [-0.25, -0.2) is 4.98 Å². The topological polar surface area (TPSA) is 55.9 Å². The van der Waals surface area contributed by atoms with E-state index in [1.165, 1.54) is 9.42 Å². The number of hydrogen-bond acceptors (Lipinski definition) is 4. The van der Waals surface area contributed by atoms with E-state index in [1.54, 1.807) is 43.3 Å². The molecule has 1 saturated heterocycles. The lowest BCUT2D eigenvalue weighted by Gasteiger charge is -2.23. The van der Waals surface area contributed by atoms with Crippen molar-refractivity contribution in [1.29, 1.82) is 0 Å². The first-order chi connectivity index (χ1) is 14.4. The van der Waals surface area contributed by atoms with Crippen molar-refractivity contribution < 1.29 is 22.8 Å². The molecule has 6 nitrogen and oxygen atoms in total. The highest BCUT2D eigenvalue weighted by Gasteiger charge is 2.39. The van der Waals surface area contributed by atoms with E-state index in [1.807, 2.05) is 0 Å². The summed E-state index contributed by atoms with van der Waals surface area (Å²) in [5.74, 6) is 0.516. The van der Waals surface area contributed by atoms with Gasteiger partial charge in [-0.1, -0.05) is 30.3 Å². The van der Waals surface area contributed by atoms with Crippen LogP contribution in [0.5, 0.6) is 0 Å². The number of benzene rings is 1. The van der Waals surface area contributed by atoms with Gasteiger partial charge in [0.15, 0.2) is 11.3 Å². The van der Waals surface area contributed by atoms with E-state index in [0.29, 0.717) is 23.6 Å². The molecule has 0 unspecified atom stereocenters. The number of anilines is 1. The first-order valence-electron chi connectivity index (χ1n) is 10.1. The Hall–Kier alpha value is -2.65. The molecule has 1 aromatic carbocycles. The normalized spacial score (nSPS) is 15.6. The molecule has 160 valence electrons. The van der Waals surface area contributed by atoms with Crippen LogP contribution in [0.1, 0.15) is 17.8 Å². The number of morpholine rings is 1. The van der Waals surface area contributed by atoms with Gasteiger partial charge in [-0.15, -0.1) is 0 Å². The number of aromatic nitrogens is 3. The van der Waals surface area contributed by atoms with Crippen molar-refractivity contribution in [2.24, 2.45) is 0 Å². The average molecular weight is 420 g/mol. The number of rotatable bonds is 6. The van der Waals surface area contributed by atoms with Crippen LogP contribution >= 0.6 is 0 Å². The van der Waals surface area contributed by atoms with Gasteiger partial charge in [-0.3, -0.25) is 0 Å². The third kappa shape index (κ3) is 4.41. The van der Waals surface area contributed by atoms with Crippen molar-refractivity contribution in [3.8, 4) is 11.1 Å². The highest BCUT2D eigenvalue weighted by Crippen LogP contribution is 2.39. The first-order valence-corrected chi connectivity index (χ1v) is 10.1. The van der Waals surface area contributed by atoms with Gasteiger partial charge in [0, 0.05) is 24.7 Å². The van der Waals surface area contributed by atoms with Crippen LogP contribution in [-0.2, 0) is 10.9 Å². The standard InChI is InChI=1S/C21H24F3N5O/c1-15-14-17(25-8-5-9-28-10-12-30-13-11-28)29-20(26-15)18(16-6-3-2-4-7-16)19(27-29)21(22,23)24/h2-4,6-7,14,25H,5,8-13H2,1H3/p+1. The van der Waals surface area contributed by atoms with Gasteiger partial charge in [0.1, 0.15) is 18.9 Å². The van der Waals surface area contributed by atoms with Crippen molar-refractivity contribution in [2.45, 2.75) is 19.5 Å². The molecule has 0 atom stereocenters. The van der Waals surface area contributed by atoms with E-state index in [2.05, 4.69) is 15.4 Å². The maximum atomic E-state index is 13.8. The summed E-state index contributed by atoms with van der Waals surface area (Å²) in [4.78, 5) is 5.88. The molecule has 3 aromatic rings. The molecule has 4 rings (SSSR count). The summed E-state index contributed by atoms with van der Waals surface area (Å²) in [7, 11) is 0. The van der Waals surface area contributed by atoms with E-state index >= 15 is 0 Å². The van der Waals surface area contributed by atoms with E-state index in [0.717, 1.165) is 39.3 Å². The average Bonchev–Trinajstić information content (AvgIpc) is 3.12. The highest BCUT2D eigenvalue weighted by atomic mass is 19.4. The third-order valence-corrected chi connectivity index (χ3v) is 5.26. The first kappa shape index (κ1) is 20.6. The van der Waals surface area contributed by atoms with Crippen LogP contribution < -0.4 is 10.2 Å². The number of alkyl halides is 3. The molecule has 0 aliphatic carbocycles. The van der Waals surface area contributed by atoms with Crippen LogP contribution in [-0.4, -0.2) is 54.0 Å². The third-order valence-electron chi connectivity index (χ3n) is 5.26. The Morgan fingerprint density at radius 2 is 1.90 bits per heavy atom. The van der Waals surface area contributed by atoms with Gasteiger partial charge >= 0.3 is 6.18 Å². The van der Waals surface area contributed by atoms with Gasteiger partial charge in [0.2, 0.25) is 0 Å². The molecule has 30 heavy (non-hydrogen) atoms. The maximum absolute atomic E-state index is 13.8. The monoisotopic (exact) mass is 420 g/mol. The van der Waals surface area contributed by atoms with Crippen LogP contribution in [0.3, 0.4) is 0 Å². The summed E-state index contributed by atoms with van der Waals surface area (Å²) in [6, 6.07) is 10.2. The van der Waals surface area contributed by atoms with Crippen molar-refractivity contribution in [3.63, 3.8) is 0 Å². The van der Waals surface area contributed by atoms with Crippen molar-refractivity contribution in [3.05, 3.63) is 47.8 Å². The van der Waals surface area contributed by atoms with Gasteiger partial charge in [0.05, 0.1) is 25.3 Å². The minimum atomic E-state index is -4.58. The van der Waals surface area contributed by atoms with Crippen molar-refractivity contribution in [2.75, 3.05) is 44.7 Å². The zero-order valence-electron chi connectivity index (χ0n) is 16.8. The highest BCUT2D eigenvalue weighted by molar-refractivity contribution is 5.81. The lowest BCUT2D eigenvalue weighted by molar-refractivity contribution is -0.908. The predicted molar refractivity (Wildman–Crippen MR) is 108 cm³/mol. The zero-order chi connectivity index (χ0) is 21.1. The minimum Gasteiger partial charge on any atom is -0.370 e. The van der Waals surface area contributed by atoms with Crippen molar-refractivity contribution in [1.82, 2.24) is 14.6 Å².